The number of benzene rings is 1. The molecule has 2 aromatic rings. The molecule has 0 fully saturated rings. The smallest absolute Gasteiger partial charge is 0.270 e. The van der Waals surface area contributed by atoms with E-state index in [9.17, 15) is 4.79 Å². The Labute approximate surface area is 107 Å². The lowest BCUT2D eigenvalue weighted by Gasteiger charge is -1.98. The first-order valence-corrected chi connectivity index (χ1v) is 6.49. The maximum absolute atomic E-state index is 12.0. The van der Waals surface area contributed by atoms with Crippen LogP contribution >= 0.6 is 11.3 Å². The summed E-state index contributed by atoms with van der Waals surface area (Å²) in [7, 11) is 1.64. The fourth-order valence-electron chi connectivity index (χ4n) is 1.92. The van der Waals surface area contributed by atoms with Crippen molar-refractivity contribution in [1.29, 1.82) is 0 Å². The Morgan fingerprint density at radius 1 is 1.39 bits per heavy atom. The molecule has 92 valence electrons. The Morgan fingerprint density at radius 3 is 2.83 bits per heavy atom. The number of hydrogen-bond acceptors (Lipinski definition) is 4. The SMILES string of the molecule is COc1ccc(/C=c2\sc3n(c2=O)CCN=3)cc1. The van der Waals surface area contributed by atoms with Crippen molar-refractivity contribution in [3.8, 4) is 5.75 Å². The molecule has 1 aliphatic heterocycles. The molecule has 0 atom stereocenters. The fourth-order valence-corrected chi connectivity index (χ4v) is 2.95. The van der Waals surface area contributed by atoms with Crippen LogP contribution in [-0.4, -0.2) is 18.2 Å². The zero-order chi connectivity index (χ0) is 12.5. The Bertz CT molecular complexity index is 741. The predicted octanol–water partition coefficient (Wildman–Crippen LogP) is 0.380. The van der Waals surface area contributed by atoms with Gasteiger partial charge in [0.2, 0.25) is 0 Å². The van der Waals surface area contributed by atoms with Crippen LogP contribution in [0.25, 0.3) is 6.08 Å². The van der Waals surface area contributed by atoms with Crippen molar-refractivity contribution in [3.63, 3.8) is 0 Å². The van der Waals surface area contributed by atoms with Gasteiger partial charge in [-0.05, 0) is 23.8 Å². The lowest BCUT2D eigenvalue weighted by Crippen LogP contribution is -2.29. The molecule has 2 heterocycles. The predicted molar refractivity (Wildman–Crippen MR) is 70.8 cm³/mol. The van der Waals surface area contributed by atoms with Crippen molar-refractivity contribution < 1.29 is 4.74 Å². The molecule has 0 unspecified atom stereocenters. The summed E-state index contributed by atoms with van der Waals surface area (Å²) >= 11 is 1.45. The van der Waals surface area contributed by atoms with Crippen molar-refractivity contribution in [2.45, 2.75) is 6.54 Å². The molecule has 0 N–H and O–H groups in total. The largest absolute Gasteiger partial charge is 0.497 e. The van der Waals surface area contributed by atoms with Crippen molar-refractivity contribution >= 4 is 17.4 Å². The molecule has 0 saturated heterocycles. The van der Waals surface area contributed by atoms with Crippen LogP contribution in [0.3, 0.4) is 0 Å². The molecule has 5 heteroatoms. The van der Waals surface area contributed by atoms with Gasteiger partial charge < -0.3 is 4.74 Å². The molecule has 0 radical (unpaired) electrons. The molecule has 1 aromatic carbocycles. The van der Waals surface area contributed by atoms with E-state index < -0.39 is 0 Å². The van der Waals surface area contributed by atoms with Crippen molar-refractivity contribution in [3.05, 3.63) is 49.5 Å². The van der Waals surface area contributed by atoms with Crippen LogP contribution < -0.4 is 19.6 Å². The maximum Gasteiger partial charge on any atom is 0.270 e. The van der Waals surface area contributed by atoms with E-state index in [2.05, 4.69) is 4.99 Å². The summed E-state index contributed by atoms with van der Waals surface area (Å²) in [4.78, 5) is 17.2. The number of thiazole rings is 1. The van der Waals surface area contributed by atoms with E-state index in [1.165, 1.54) is 11.3 Å². The topological polar surface area (TPSA) is 43.6 Å². The van der Waals surface area contributed by atoms with Gasteiger partial charge in [0.1, 0.15) is 5.75 Å². The average Bonchev–Trinajstić information content (AvgIpc) is 2.95. The first-order valence-electron chi connectivity index (χ1n) is 5.68. The minimum Gasteiger partial charge on any atom is -0.497 e. The lowest BCUT2D eigenvalue weighted by molar-refractivity contribution is 0.415. The number of nitrogens with zero attached hydrogens (tertiary/aromatic N) is 2. The van der Waals surface area contributed by atoms with Crippen LogP contribution in [0.4, 0.5) is 0 Å². The Kier molecular flexibility index (Phi) is 2.76. The summed E-state index contributed by atoms with van der Waals surface area (Å²) in [5.74, 6) is 0.813. The van der Waals surface area contributed by atoms with Crippen LogP contribution in [0.1, 0.15) is 5.56 Å². The Hall–Kier alpha value is -1.88. The van der Waals surface area contributed by atoms with Crippen LogP contribution in [0.2, 0.25) is 0 Å². The van der Waals surface area contributed by atoms with Crippen LogP contribution in [0.15, 0.2) is 34.1 Å². The third kappa shape index (κ3) is 1.86. The minimum absolute atomic E-state index is 0.0621. The molecule has 0 saturated carbocycles. The van der Waals surface area contributed by atoms with E-state index in [0.29, 0.717) is 6.54 Å². The molecule has 1 aromatic heterocycles. The maximum atomic E-state index is 12.0. The quantitative estimate of drug-likeness (QED) is 0.783. The zero-order valence-corrected chi connectivity index (χ0v) is 10.7. The summed E-state index contributed by atoms with van der Waals surface area (Å²) in [6.45, 7) is 1.44. The number of hydrogen-bond donors (Lipinski definition) is 0. The highest BCUT2D eigenvalue weighted by Gasteiger charge is 2.09. The van der Waals surface area contributed by atoms with Gasteiger partial charge in [-0.15, -0.1) is 0 Å². The Morgan fingerprint density at radius 2 is 2.17 bits per heavy atom. The van der Waals surface area contributed by atoms with Crippen LogP contribution in [-0.2, 0) is 6.54 Å². The van der Waals surface area contributed by atoms with E-state index in [-0.39, 0.29) is 5.56 Å². The van der Waals surface area contributed by atoms with Gasteiger partial charge in [0.05, 0.1) is 18.2 Å². The van der Waals surface area contributed by atoms with E-state index in [0.717, 1.165) is 27.2 Å². The van der Waals surface area contributed by atoms with Gasteiger partial charge >= 0.3 is 0 Å². The number of methoxy groups -OCH3 is 1. The monoisotopic (exact) mass is 260 g/mol. The molecule has 0 spiro atoms. The second-order valence-corrected chi connectivity index (χ2v) is 5.01. The van der Waals surface area contributed by atoms with Crippen molar-refractivity contribution in [2.75, 3.05) is 13.7 Å². The van der Waals surface area contributed by atoms with Crippen molar-refractivity contribution in [2.24, 2.45) is 4.99 Å². The average molecular weight is 260 g/mol. The summed E-state index contributed by atoms with van der Waals surface area (Å²) < 4.78 is 7.57. The molecule has 0 amide bonds. The van der Waals surface area contributed by atoms with Gasteiger partial charge in [-0.25, -0.2) is 0 Å². The van der Waals surface area contributed by atoms with E-state index in [1.54, 1.807) is 11.7 Å². The highest BCUT2D eigenvalue weighted by molar-refractivity contribution is 7.07. The van der Waals surface area contributed by atoms with Gasteiger partial charge in [-0.3, -0.25) is 14.4 Å². The molecule has 0 aliphatic carbocycles. The van der Waals surface area contributed by atoms with Gasteiger partial charge in [0.25, 0.3) is 5.56 Å². The van der Waals surface area contributed by atoms with Gasteiger partial charge in [-0.1, -0.05) is 23.5 Å². The Balaban J connectivity index is 2.09. The third-order valence-electron chi connectivity index (χ3n) is 2.87. The van der Waals surface area contributed by atoms with E-state index in [4.69, 9.17) is 4.74 Å². The first kappa shape index (κ1) is 11.2. The lowest BCUT2D eigenvalue weighted by atomic mass is 10.2. The second-order valence-electron chi connectivity index (χ2n) is 4.00. The van der Waals surface area contributed by atoms with Crippen LogP contribution in [0.5, 0.6) is 5.75 Å². The molecule has 3 rings (SSSR count). The van der Waals surface area contributed by atoms with Gasteiger partial charge in [-0.2, -0.15) is 0 Å². The third-order valence-corrected chi connectivity index (χ3v) is 3.92. The molecule has 0 bridgehead atoms. The number of aromatic nitrogens is 1. The zero-order valence-electron chi connectivity index (χ0n) is 9.92. The fraction of sp³-hybridized carbons (Fsp3) is 0.231. The van der Waals surface area contributed by atoms with Gasteiger partial charge in [0.15, 0.2) is 4.80 Å². The molecule has 4 nitrogen and oxygen atoms in total. The van der Waals surface area contributed by atoms with E-state index in [1.807, 2.05) is 30.3 Å². The van der Waals surface area contributed by atoms with Crippen molar-refractivity contribution in [1.82, 2.24) is 4.57 Å². The summed E-state index contributed by atoms with van der Waals surface area (Å²) in [6.07, 6.45) is 1.90. The number of fused-ring (bicyclic) bond motifs is 1. The minimum atomic E-state index is 0.0621. The molecular formula is C13H12N2O2S. The second kappa shape index (κ2) is 4.42. The molecule has 1 aliphatic rings. The standard InChI is InChI=1S/C13H12N2O2S/c1-17-10-4-2-9(3-5-10)8-11-12(16)15-7-6-14-13(15)18-11/h2-5,8H,6-7H2,1H3/b11-8-. The number of rotatable bonds is 2. The molecule has 18 heavy (non-hydrogen) atoms. The summed E-state index contributed by atoms with van der Waals surface area (Å²) in [5.41, 5.74) is 1.06. The molecular weight excluding hydrogens is 248 g/mol. The van der Waals surface area contributed by atoms with Crippen LogP contribution in [0, 0.1) is 0 Å². The highest BCUT2D eigenvalue weighted by atomic mass is 32.1. The summed E-state index contributed by atoms with van der Waals surface area (Å²) in [5, 5.41) is 0. The van der Waals surface area contributed by atoms with Gasteiger partial charge in [0, 0.05) is 6.54 Å². The first-order chi connectivity index (χ1) is 8.78. The number of ether oxygens (including phenoxy) is 1. The normalized spacial score (nSPS) is 14.4. The highest BCUT2D eigenvalue weighted by Crippen LogP contribution is 2.11. The summed E-state index contributed by atoms with van der Waals surface area (Å²) in [6, 6.07) is 7.64. The van der Waals surface area contributed by atoms with E-state index >= 15 is 0 Å².